The molecular weight excluding hydrogens is 218 g/mol. The lowest BCUT2D eigenvalue weighted by molar-refractivity contribution is -0.122. The number of nitrogens with one attached hydrogen (secondary N) is 1. The van der Waals surface area contributed by atoms with Gasteiger partial charge in [0.25, 0.3) is 5.91 Å². The van der Waals surface area contributed by atoms with Gasteiger partial charge in [-0.3, -0.25) is 4.79 Å². The van der Waals surface area contributed by atoms with E-state index < -0.39 is 29.9 Å². The van der Waals surface area contributed by atoms with Gasteiger partial charge >= 0.3 is 0 Å². The normalized spacial score (nSPS) is 10.0. The Balaban J connectivity index is 2.84. The second-order valence-corrected chi connectivity index (χ2v) is 3.05. The lowest BCUT2D eigenvalue weighted by Gasteiger charge is -2.08. The zero-order chi connectivity index (χ0) is 12.1. The largest absolute Gasteiger partial charge is 0.478 e. The lowest BCUT2D eigenvalue weighted by Crippen LogP contribution is -2.25. The van der Waals surface area contributed by atoms with E-state index in [1.54, 1.807) is 0 Å². The van der Waals surface area contributed by atoms with Crippen LogP contribution in [0.25, 0.3) is 0 Å². The van der Waals surface area contributed by atoms with E-state index in [-0.39, 0.29) is 6.54 Å². The van der Waals surface area contributed by atoms with Crippen LogP contribution in [0, 0.1) is 11.6 Å². The average Bonchev–Trinajstić information content (AvgIpc) is 2.27. The molecule has 0 unspecified atom stereocenters. The quantitative estimate of drug-likeness (QED) is 0.793. The summed E-state index contributed by atoms with van der Waals surface area (Å²) in [6.07, 6.45) is 0. The zero-order valence-electron chi connectivity index (χ0n) is 8.72. The summed E-state index contributed by atoms with van der Waals surface area (Å²) in [4.78, 5) is 10.8. The summed E-state index contributed by atoms with van der Waals surface area (Å²) in [5.74, 6) is -2.78. The van der Waals surface area contributed by atoms with Crippen LogP contribution in [0.15, 0.2) is 12.1 Å². The van der Waals surface area contributed by atoms with E-state index in [9.17, 15) is 13.6 Å². The fourth-order valence-corrected chi connectivity index (χ4v) is 1.08. The number of hydrogen-bond acceptors (Lipinski definition) is 3. The lowest BCUT2D eigenvalue weighted by atomic mass is 10.2. The van der Waals surface area contributed by atoms with Gasteiger partial charge in [0.05, 0.1) is 0 Å². The summed E-state index contributed by atoms with van der Waals surface area (Å²) in [5.41, 5.74) is 5.56. The molecule has 0 heterocycles. The number of carbonyl (C=O) groups excluding carboxylic acids is 1. The minimum atomic E-state index is -0.871. The van der Waals surface area contributed by atoms with Crippen LogP contribution < -0.4 is 15.8 Å². The van der Waals surface area contributed by atoms with Gasteiger partial charge in [-0.2, -0.15) is 0 Å². The topological polar surface area (TPSA) is 64.3 Å². The van der Waals surface area contributed by atoms with Crippen LogP contribution in [0.1, 0.15) is 5.56 Å². The van der Waals surface area contributed by atoms with Gasteiger partial charge in [0, 0.05) is 13.6 Å². The van der Waals surface area contributed by atoms with Gasteiger partial charge in [-0.05, 0) is 17.7 Å². The first-order chi connectivity index (χ1) is 7.58. The van der Waals surface area contributed by atoms with Gasteiger partial charge in [0.1, 0.15) is 0 Å². The van der Waals surface area contributed by atoms with Crippen molar-refractivity contribution in [2.45, 2.75) is 6.54 Å². The second kappa shape index (κ2) is 5.41. The molecule has 0 aliphatic heterocycles. The van der Waals surface area contributed by atoms with E-state index in [4.69, 9.17) is 10.5 Å². The smallest absolute Gasteiger partial charge is 0.257 e. The van der Waals surface area contributed by atoms with Crippen molar-refractivity contribution in [1.82, 2.24) is 5.32 Å². The fraction of sp³-hybridized carbons (Fsp3) is 0.300. The summed E-state index contributed by atoms with van der Waals surface area (Å²) < 4.78 is 31.3. The number of likely N-dealkylation sites (N-methyl/N-ethyl adjacent to an activating group) is 1. The molecule has 0 fully saturated rings. The molecule has 0 saturated heterocycles. The van der Waals surface area contributed by atoms with E-state index in [0.29, 0.717) is 5.56 Å². The first-order valence-corrected chi connectivity index (χ1v) is 4.59. The van der Waals surface area contributed by atoms with Crippen molar-refractivity contribution in [2.75, 3.05) is 13.7 Å². The van der Waals surface area contributed by atoms with Crippen molar-refractivity contribution < 1.29 is 18.3 Å². The highest BCUT2D eigenvalue weighted by atomic mass is 19.1. The molecule has 1 amide bonds. The van der Waals surface area contributed by atoms with Crippen LogP contribution in [0.2, 0.25) is 0 Å². The van der Waals surface area contributed by atoms with E-state index in [2.05, 4.69) is 5.32 Å². The molecule has 0 aliphatic carbocycles. The first kappa shape index (κ1) is 12.4. The number of amides is 1. The van der Waals surface area contributed by atoms with Gasteiger partial charge in [0.15, 0.2) is 24.0 Å². The number of carbonyl (C=O) groups is 1. The van der Waals surface area contributed by atoms with Crippen LogP contribution in [-0.4, -0.2) is 19.6 Å². The molecule has 0 saturated carbocycles. The first-order valence-electron chi connectivity index (χ1n) is 4.59. The molecule has 0 bridgehead atoms. The molecule has 3 N–H and O–H groups in total. The van der Waals surface area contributed by atoms with E-state index >= 15 is 0 Å². The summed E-state index contributed by atoms with van der Waals surface area (Å²) in [6.45, 7) is -0.407. The highest BCUT2D eigenvalue weighted by Crippen LogP contribution is 2.23. The molecule has 0 aliphatic rings. The van der Waals surface area contributed by atoms with Crippen molar-refractivity contribution in [3.63, 3.8) is 0 Å². The molecule has 4 nitrogen and oxygen atoms in total. The predicted octanol–water partition coefficient (Wildman–Crippen LogP) is 0.548. The average molecular weight is 230 g/mol. The maximum absolute atomic E-state index is 13.3. The second-order valence-electron chi connectivity index (χ2n) is 3.05. The fourth-order valence-electron chi connectivity index (χ4n) is 1.08. The van der Waals surface area contributed by atoms with Gasteiger partial charge in [-0.25, -0.2) is 8.78 Å². The Bertz CT molecular complexity index is 373. The molecule has 1 aromatic carbocycles. The van der Waals surface area contributed by atoms with Crippen LogP contribution >= 0.6 is 0 Å². The SMILES string of the molecule is CNC(=O)COc1c(F)cc(CN)cc1F. The molecule has 0 atom stereocenters. The summed E-state index contributed by atoms with van der Waals surface area (Å²) in [6, 6.07) is 2.14. The van der Waals surface area contributed by atoms with Crippen molar-refractivity contribution in [3.05, 3.63) is 29.3 Å². The third kappa shape index (κ3) is 2.90. The Hall–Kier alpha value is -1.69. The standard InChI is InChI=1S/C10H12F2N2O2/c1-14-9(15)5-16-10-7(11)2-6(4-13)3-8(10)12/h2-3H,4-5,13H2,1H3,(H,14,15). The molecule has 6 heteroatoms. The molecule has 1 rings (SSSR count). The van der Waals surface area contributed by atoms with Crippen molar-refractivity contribution in [1.29, 1.82) is 0 Å². The van der Waals surface area contributed by atoms with Crippen molar-refractivity contribution >= 4 is 5.91 Å². The molecule has 0 spiro atoms. The van der Waals surface area contributed by atoms with E-state index in [1.165, 1.54) is 7.05 Å². The highest BCUT2D eigenvalue weighted by molar-refractivity contribution is 5.77. The molecule has 0 aromatic heterocycles. The van der Waals surface area contributed by atoms with Gasteiger partial charge in [0.2, 0.25) is 0 Å². The number of hydrogen-bond donors (Lipinski definition) is 2. The van der Waals surface area contributed by atoms with Crippen LogP contribution in [0.3, 0.4) is 0 Å². The number of ether oxygens (including phenoxy) is 1. The van der Waals surface area contributed by atoms with Crippen LogP contribution in [0.5, 0.6) is 5.75 Å². The Kier molecular flexibility index (Phi) is 4.19. The van der Waals surface area contributed by atoms with Crippen LogP contribution in [-0.2, 0) is 11.3 Å². The zero-order valence-corrected chi connectivity index (χ0v) is 8.72. The van der Waals surface area contributed by atoms with Crippen molar-refractivity contribution in [3.8, 4) is 5.75 Å². The van der Waals surface area contributed by atoms with E-state index in [1.807, 2.05) is 0 Å². The Labute approximate surface area is 91.4 Å². The maximum atomic E-state index is 13.3. The highest BCUT2D eigenvalue weighted by Gasteiger charge is 2.13. The summed E-state index contributed by atoms with van der Waals surface area (Å²) >= 11 is 0. The molecule has 88 valence electrons. The Morgan fingerprint density at radius 3 is 2.44 bits per heavy atom. The Morgan fingerprint density at radius 1 is 1.44 bits per heavy atom. The Morgan fingerprint density at radius 2 is 2.00 bits per heavy atom. The predicted molar refractivity (Wildman–Crippen MR) is 53.8 cm³/mol. The minimum absolute atomic E-state index is 0.0313. The van der Waals surface area contributed by atoms with Crippen molar-refractivity contribution in [2.24, 2.45) is 5.73 Å². The summed E-state index contributed by atoms with van der Waals surface area (Å²) in [5, 5.41) is 2.27. The molecule has 16 heavy (non-hydrogen) atoms. The summed E-state index contributed by atoms with van der Waals surface area (Å²) in [7, 11) is 1.40. The number of halogens is 2. The van der Waals surface area contributed by atoms with E-state index in [0.717, 1.165) is 12.1 Å². The molecular formula is C10H12F2N2O2. The third-order valence-electron chi connectivity index (χ3n) is 1.92. The van der Waals surface area contributed by atoms with Gasteiger partial charge in [-0.15, -0.1) is 0 Å². The van der Waals surface area contributed by atoms with Crippen LogP contribution in [0.4, 0.5) is 8.78 Å². The maximum Gasteiger partial charge on any atom is 0.257 e. The molecule has 1 aromatic rings. The third-order valence-corrected chi connectivity index (χ3v) is 1.92. The number of nitrogens with two attached hydrogens (primary N) is 1. The molecule has 0 radical (unpaired) electrons. The monoisotopic (exact) mass is 230 g/mol. The minimum Gasteiger partial charge on any atom is -0.478 e. The van der Waals surface area contributed by atoms with Gasteiger partial charge in [-0.1, -0.05) is 0 Å². The number of benzene rings is 1. The number of rotatable bonds is 4. The van der Waals surface area contributed by atoms with Gasteiger partial charge < -0.3 is 15.8 Å².